The van der Waals surface area contributed by atoms with Crippen LogP contribution in [0.4, 0.5) is 5.82 Å². The summed E-state index contributed by atoms with van der Waals surface area (Å²) in [4.78, 5) is 15.5. The Bertz CT molecular complexity index is 655. The summed E-state index contributed by atoms with van der Waals surface area (Å²) in [6.07, 6.45) is 3.62. The molecule has 1 aliphatic heterocycles. The molecule has 0 saturated carbocycles. The smallest absolute Gasteiger partial charge is 0.400 e. The first-order chi connectivity index (χ1) is 11.0. The fourth-order valence-electron chi connectivity index (χ4n) is 2.32. The van der Waals surface area contributed by atoms with Crippen LogP contribution >= 0.6 is 0 Å². The topological polar surface area (TPSA) is 86.5 Å². The van der Waals surface area contributed by atoms with E-state index < -0.39 is 18.3 Å². The third-order valence-corrected chi connectivity index (χ3v) is 4.59. The minimum absolute atomic E-state index is 0.107. The predicted molar refractivity (Wildman–Crippen MR) is 96.1 cm³/mol. The summed E-state index contributed by atoms with van der Waals surface area (Å²) in [5.74, 6) is 0.398. The fraction of sp³-hybridized carbons (Fsp3) is 0.529. The lowest BCUT2D eigenvalue weighted by molar-refractivity contribution is -0.118. The molecule has 3 N–H and O–H groups in total. The third-order valence-electron chi connectivity index (χ3n) is 4.59. The number of aromatic nitrogens is 1. The van der Waals surface area contributed by atoms with Crippen molar-refractivity contribution in [3.8, 4) is 0 Å². The number of hydrogen-bond donors (Lipinski definition) is 2. The molecular weight excluding hydrogens is 305 g/mol. The van der Waals surface area contributed by atoms with Gasteiger partial charge in [0.25, 0.3) is 0 Å². The van der Waals surface area contributed by atoms with Gasteiger partial charge in [0.05, 0.1) is 11.2 Å². The SMILES string of the molecule is CC(=O)NCC(=Cc1cnc(N)c(C)c1)B1OC(C)(C)C(C)(C)O1. The maximum atomic E-state index is 11.3. The molecule has 0 unspecified atom stereocenters. The van der Waals surface area contributed by atoms with Gasteiger partial charge in [-0.2, -0.15) is 0 Å². The molecule has 1 aromatic rings. The number of amides is 1. The molecule has 1 fully saturated rings. The van der Waals surface area contributed by atoms with Crippen LogP contribution in [0, 0.1) is 6.92 Å². The van der Waals surface area contributed by atoms with E-state index in [1.54, 1.807) is 6.20 Å². The van der Waals surface area contributed by atoms with Crippen molar-refractivity contribution in [3.63, 3.8) is 0 Å². The highest BCUT2D eigenvalue weighted by Crippen LogP contribution is 2.38. The Labute approximate surface area is 144 Å². The maximum absolute atomic E-state index is 11.3. The van der Waals surface area contributed by atoms with Gasteiger partial charge in [0.15, 0.2) is 0 Å². The number of carbonyl (C=O) groups is 1. The quantitative estimate of drug-likeness (QED) is 0.826. The average molecular weight is 331 g/mol. The van der Waals surface area contributed by atoms with Crippen LogP contribution in [0.2, 0.25) is 0 Å². The number of carbonyl (C=O) groups excluding carboxylic acids is 1. The zero-order chi connectivity index (χ0) is 18.1. The Kier molecular flexibility index (Phi) is 5.06. The van der Waals surface area contributed by atoms with E-state index >= 15 is 0 Å². The van der Waals surface area contributed by atoms with Gasteiger partial charge in [-0.05, 0) is 57.3 Å². The first-order valence-corrected chi connectivity index (χ1v) is 8.04. The number of nitrogen functional groups attached to an aromatic ring is 1. The molecule has 7 heteroatoms. The highest BCUT2D eigenvalue weighted by molar-refractivity contribution is 6.56. The van der Waals surface area contributed by atoms with Crippen LogP contribution in [-0.2, 0) is 14.1 Å². The molecule has 0 bridgehead atoms. The largest absolute Gasteiger partial charge is 0.492 e. The highest BCUT2D eigenvalue weighted by Gasteiger charge is 2.52. The van der Waals surface area contributed by atoms with E-state index in [1.165, 1.54) is 6.92 Å². The standard InChI is InChI=1S/C17H26BN3O3/c1-11-7-13(9-21-15(11)19)8-14(10-20-12(2)22)18-23-16(3,4)17(5,6)24-18/h7-9H,10H2,1-6H3,(H2,19,21)(H,20,22). The van der Waals surface area contributed by atoms with Gasteiger partial charge in [0.1, 0.15) is 5.82 Å². The molecule has 1 aromatic heterocycles. The minimum atomic E-state index is -0.528. The second kappa shape index (κ2) is 6.57. The molecule has 0 atom stereocenters. The Morgan fingerprint density at radius 2 is 1.92 bits per heavy atom. The van der Waals surface area contributed by atoms with Crippen molar-refractivity contribution in [3.05, 3.63) is 28.9 Å². The van der Waals surface area contributed by atoms with Gasteiger partial charge in [-0.3, -0.25) is 4.79 Å². The number of rotatable bonds is 4. The van der Waals surface area contributed by atoms with Crippen LogP contribution in [0.25, 0.3) is 6.08 Å². The van der Waals surface area contributed by atoms with Crippen LogP contribution in [0.5, 0.6) is 0 Å². The molecule has 2 heterocycles. The molecule has 0 radical (unpaired) electrons. The van der Waals surface area contributed by atoms with Gasteiger partial charge in [-0.25, -0.2) is 4.98 Å². The van der Waals surface area contributed by atoms with Crippen molar-refractivity contribution >= 4 is 24.9 Å². The number of nitrogens with one attached hydrogen (secondary N) is 1. The second-order valence-electron chi connectivity index (χ2n) is 7.19. The first kappa shape index (κ1) is 18.5. The van der Waals surface area contributed by atoms with Gasteiger partial charge >= 0.3 is 7.12 Å². The van der Waals surface area contributed by atoms with Crippen LogP contribution in [-0.4, -0.2) is 35.8 Å². The van der Waals surface area contributed by atoms with E-state index in [2.05, 4.69) is 10.3 Å². The van der Waals surface area contributed by atoms with E-state index in [1.807, 2.05) is 46.8 Å². The van der Waals surface area contributed by atoms with E-state index in [4.69, 9.17) is 15.0 Å². The zero-order valence-electron chi connectivity index (χ0n) is 15.3. The Hall–Kier alpha value is -1.86. The van der Waals surface area contributed by atoms with E-state index in [9.17, 15) is 4.79 Å². The van der Waals surface area contributed by atoms with Gasteiger partial charge in [0.2, 0.25) is 5.91 Å². The average Bonchev–Trinajstić information content (AvgIpc) is 2.67. The van der Waals surface area contributed by atoms with Gasteiger partial charge in [-0.15, -0.1) is 0 Å². The summed E-state index contributed by atoms with van der Waals surface area (Å²) in [5, 5.41) is 2.81. The summed E-state index contributed by atoms with van der Waals surface area (Å²) >= 11 is 0. The van der Waals surface area contributed by atoms with Crippen molar-refractivity contribution in [2.75, 3.05) is 12.3 Å². The second-order valence-corrected chi connectivity index (χ2v) is 7.19. The molecule has 1 saturated heterocycles. The summed E-state index contributed by atoms with van der Waals surface area (Å²) in [6, 6.07) is 1.95. The van der Waals surface area contributed by atoms with E-state index in [0.29, 0.717) is 12.4 Å². The van der Waals surface area contributed by atoms with Gasteiger partial charge in [0, 0.05) is 19.7 Å². The molecule has 1 amide bonds. The number of anilines is 1. The summed E-state index contributed by atoms with van der Waals surface area (Å²) < 4.78 is 12.2. The highest BCUT2D eigenvalue weighted by atomic mass is 16.7. The molecule has 0 spiro atoms. The van der Waals surface area contributed by atoms with Crippen LogP contribution in [0.1, 0.15) is 45.7 Å². The molecule has 1 aliphatic rings. The monoisotopic (exact) mass is 331 g/mol. The van der Waals surface area contributed by atoms with E-state index in [0.717, 1.165) is 16.6 Å². The Morgan fingerprint density at radius 3 is 2.42 bits per heavy atom. The number of hydrogen-bond acceptors (Lipinski definition) is 5. The van der Waals surface area contributed by atoms with E-state index in [-0.39, 0.29) is 5.91 Å². The Balaban J connectivity index is 2.33. The van der Waals surface area contributed by atoms with Crippen molar-refractivity contribution in [1.82, 2.24) is 10.3 Å². The maximum Gasteiger partial charge on any atom is 0.492 e. The first-order valence-electron chi connectivity index (χ1n) is 8.04. The summed E-state index contributed by atoms with van der Waals surface area (Å²) in [7, 11) is -0.528. The normalized spacial score (nSPS) is 19.4. The van der Waals surface area contributed by atoms with Crippen LogP contribution in [0.15, 0.2) is 17.7 Å². The molecular formula is C17H26BN3O3. The van der Waals surface area contributed by atoms with Crippen molar-refractivity contribution in [1.29, 1.82) is 0 Å². The number of nitrogens with two attached hydrogens (primary N) is 1. The van der Waals surface area contributed by atoms with Crippen molar-refractivity contribution in [2.24, 2.45) is 0 Å². The number of nitrogens with zero attached hydrogens (tertiary/aromatic N) is 1. The van der Waals surface area contributed by atoms with Crippen LogP contribution < -0.4 is 11.1 Å². The fourth-order valence-corrected chi connectivity index (χ4v) is 2.32. The molecule has 6 nitrogen and oxygen atoms in total. The molecule has 24 heavy (non-hydrogen) atoms. The number of pyridine rings is 1. The molecule has 0 aliphatic carbocycles. The number of aryl methyl sites for hydroxylation is 1. The van der Waals surface area contributed by atoms with Crippen molar-refractivity contribution < 1.29 is 14.1 Å². The lowest BCUT2D eigenvalue weighted by atomic mass is 9.77. The predicted octanol–water partition coefficient (Wildman–Crippen LogP) is 2.12. The zero-order valence-corrected chi connectivity index (χ0v) is 15.3. The molecule has 0 aromatic carbocycles. The Morgan fingerprint density at radius 1 is 1.33 bits per heavy atom. The van der Waals surface area contributed by atoms with Gasteiger partial charge < -0.3 is 20.4 Å². The summed E-state index contributed by atoms with van der Waals surface area (Å²) in [6.45, 7) is 11.7. The van der Waals surface area contributed by atoms with Crippen LogP contribution in [0.3, 0.4) is 0 Å². The molecule has 130 valence electrons. The minimum Gasteiger partial charge on any atom is -0.400 e. The summed E-state index contributed by atoms with van der Waals surface area (Å²) in [5.41, 5.74) is 7.50. The van der Waals surface area contributed by atoms with Gasteiger partial charge in [-0.1, -0.05) is 6.08 Å². The van der Waals surface area contributed by atoms with Crippen molar-refractivity contribution in [2.45, 2.75) is 52.7 Å². The third kappa shape index (κ3) is 3.97. The molecule has 2 rings (SSSR count). The lowest BCUT2D eigenvalue weighted by Gasteiger charge is -2.32. The lowest BCUT2D eigenvalue weighted by Crippen LogP contribution is -2.41.